The molecule has 8 heteroatoms. The highest BCUT2D eigenvalue weighted by Crippen LogP contribution is 2.74. The molecule has 0 aromatic carbocycles. The van der Waals surface area contributed by atoms with Crippen molar-refractivity contribution < 1.29 is 32.1 Å². The molecular formula is C27H45O7S-. The summed E-state index contributed by atoms with van der Waals surface area (Å²) in [6.45, 7) is 9.87. The Labute approximate surface area is 211 Å². The molecule has 0 unspecified atom stereocenters. The van der Waals surface area contributed by atoms with E-state index in [2.05, 4.69) is 27.7 Å². The molecule has 5 aliphatic rings. The molecule has 0 aromatic heterocycles. The van der Waals surface area contributed by atoms with Crippen molar-refractivity contribution in [2.75, 3.05) is 6.61 Å². The molecule has 4 aliphatic carbocycles. The first-order valence-electron chi connectivity index (χ1n) is 14.0. The van der Waals surface area contributed by atoms with Crippen LogP contribution in [0.2, 0.25) is 0 Å². The Morgan fingerprint density at radius 2 is 1.80 bits per heavy atom. The average Bonchev–Trinajstić information content (AvgIpc) is 3.23. The first-order chi connectivity index (χ1) is 16.3. The Bertz CT molecular complexity index is 922. The van der Waals surface area contributed by atoms with Gasteiger partial charge in [-0.3, -0.25) is 4.18 Å². The van der Waals surface area contributed by atoms with Crippen LogP contribution in [-0.2, 0) is 19.3 Å². The minimum absolute atomic E-state index is 0.0387. The average molecular weight is 514 g/mol. The van der Waals surface area contributed by atoms with Gasteiger partial charge in [-0.05, 0) is 73.5 Å². The summed E-state index contributed by atoms with van der Waals surface area (Å²) in [6.07, 6.45) is 7.49. The van der Waals surface area contributed by atoms with Crippen LogP contribution in [0.5, 0.6) is 0 Å². The molecule has 2 bridgehead atoms. The van der Waals surface area contributed by atoms with Gasteiger partial charge in [-0.25, -0.2) is 8.42 Å². The van der Waals surface area contributed by atoms with Crippen molar-refractivity contribution >= 4 is 10.4 Å². The Morgan fingerprint density at radius 3 is 2.49 bits per heavy atom. The minimum atomic E-state index is -4.87. The number of rotatable bonds is 7. The zero-order chi connectivity index (χ0) is 25.4. The van der Waals surface area contributed by atoms with Gasteiger partial charge < -0.3 is 19.5 Å². The summed E-state index contributed by atoms with van der Waals surface area (Å²) in [5.41, 5.74) is -2.37. The lowest BCUT2D eigenvalue weighted by Gasteiger charge is -2.64. The van der Waals surface area contributed by atoms with Crippen molar-refractivity contribution in [3.05, 3.63) is 0 Å². The summed E-state index contributed by atoms with van der Waals surface area (Å²) < 4.78 is 45.2. The molecule has 0 amide bonds. The lowest BCUT2D eigenvalue weighted by molar-refractivity contribution is -0.258. The van der Waals surface area contributed by atoms with Gasteiger partial charge in [-0.2, -0.15) is 0 Å². The van der Waals surface area contributed by atoms with Crippen molar-refractivity contribution in [3.8, 4) is 0 Å². The normalized spacial score (nSPS) is 50.0. The second kappa shape index (κ2) is 8.63. The molecule has 2 N–H and O–H groups in total. The van der Waals surface area contributed by atoms with Crippen LogP contribution in [-0.4, -0.2) is 53.2 Å². The van der Waals surface area contributed by atoms with Crippen LogP contribution < -0.4 is 0 Å². The number of hydrogen-bond acceptors (Lipinski definition) is 7. The third-order valence-corrected chi connectivity index (χ3v) is 12.1. The largest absolute Gasteiger partial charge is 0.726 e. The topological polar surface area (TPSA) is 116 Å². The molecule has 4 saturated carbocycles. The van der Waals surface area contributed by atoms with Gasteiger partial charge >= 0.3 is 0 Å². The predicted octanol–water partition coefficient (Wildman–Crippen LogP) is 4.17. The molecule has 5 rings (SSSR count). The van der Waals surface area contributed by atoms with E-state index in [-0.39, 0.29) is 17.8 Å². The van der Waals surface area contributed by atoms with Gasteiger partial charge in [0.1, 0.15) is 5.60 Å². The van der Waals surface area contributed by atoms with Crippen LogP contribution in [0, 0.1) is 40.4 Å². The lowest BCUT2D eigenvalue weighted by Crippen LogP contribution is -2.72. The smallest absolute Gasteiger partial charge is 0.217 e. The van der Waals surface area contributed by atoms with Gasteiger partial charge in [0.25, 0.3) is 0 Å². The Morgan fingerprint density at radius 1 is 1.06 bits per heavy atom. The highest BCUT2D eigenvalue weighted by Gasteiger charge is 2.78. The van der Waals surface area contributed by atoms with Gasteiger partial charge in [-0.1, -0.05) is 47.0 Å². The fourth-order valence-corrected chi connectivity index (χ4v) is 10.7. The number of hydrogen-bond donors (Lipinski definition) is 2. The van der Waals surface area contributed by atoms with Crippen molar-refractivity contribution in [1.29, 1.82) is 0 Å². The molecule has 35 heavy (non-hydrogen) atoms. The number of ether oxygens (including phenoxy) is 1. The Hall–Kier alpha value is -0.250. The van der Waals surface area contributed by atoms with E-state index in [4.69, 9.17) is 8.92 Å². The number of fused-ring (bicyclic) bond motifs is 1. The molecule has 1 saturated heterocycles. The highest BCUT2D eigenvalue weighted by molar-refractivity contribution is 7.80. The first-order valence-corrected chi connectivity index (χ1v) is 15.3. The summed E-state index contributed by atoms with van der Waals surface area (Å²) in [5.74, 6) is 2.56. The summed E-state index contributed by atoms with van der Waals surface area (Å²) >= 11 is 0. The molecule has 5 fully saturated rings. The van der Waals surface area contributed by atoms with E-state index in [1.165, 1.54) is 25.7 Å². The fraction of sp³-hybridized carbons (Fsp3) is 1.00. The molecule has 10 atom stereocenters. The van der Waals surface area contributed by atoms with Gasteiger partial charge in [0.2, 0.25) is 10.4 Å². The molecule has 1 aliphatic heterocycles. The SMILES string of the molecule is CC(C)CCC[C@@H](C)[C@H]1CC[C@@H]2[C@]1(C)CC[C@H]1[C@@]23C[C@@H](O)[C@@]2(O)C[C@@H](OS(=O)(=O)[O-])CC[C@]12CO3. The zero-order valence-electron chi connectivity index (χ0n) is 21.9. The van der Waals surface area contributed by atoms with Gasteiger partial charge in [0, 0.05) is 18.3 Å². The summed E-state index contributed by atoms with van der Waals surface area (Å²) in [6, 6.07) is 0. The molecule has 7 nitrogen and oxygen atoms in total. The highest BCUT2D eigenvalue weighted by atomic mass is 32.3. The summed E-state index contributed by atoms with van der Waals surface area (Å²) in [7, 11) is -4.87. The van der Waals surface area contributed by atoms with Crippen molar-refractivity contribution in [1.82, 2.24) is 0 Å². The molecule has 1 heterocycles. The van der Waals surface area contributed by atoms with E-state index in [1.54, 1.807) is 0 Å². The van der Waals surface area contributed by atoms with Crippen molar-refractivity contribution in [2.45, 2.75) is 122 Å². The van der Waals surface area contributed by atoms with E-state index in [1.807, 2.05) is 0 Å². The van der Waals surface area contributed by atoms with E-state index in [0.717, 1.165) is 25.2 Å². The minimum Gasteiger partial charge on any atom is -0.726 e. The van der Waals surface area contributed by atoms with Crippen LogP contribution >= 0.6 is 0 Å². The molecular weight excluding hydrogens is 468 g/mol. The van der Waals surface area contributed by atoms with E-state index >= 15 is 0 Å². The zero-order valence-corrected chi connectivity index (χ0v) is 22.7. The quantitative estimate of drug-likeness (QED) is 0.388. The van der Waals surface area contributed by atoms with E-state index < -0.39 is 39.2 Å². The van der Waals surface area contributed by atoms with Crippen molar-refractivity contribution in [2.24, 2.45) is 40.4 Å². The first kappa shape index (κ1) is 26.4. The van der Waals surface area contributed by atoms with Gasteiger partial charge in [0.05, 0.1) is 24.4 Å². The standard InChI is InChI=1S/C27H46O7S/c1-17(2)6-5-7-18(3)20-8-9-21-24(20,4)12-11-22-25-13-10-19(34-35(30,31)32)14-27(25,29)23(28)15-26(21,22)33-16-25/h17-23,28-29H,5-16H2,1-4H3,(H,30,31,32)/p-1/t18-,19+,20-,21-,22-,23-,24-,25+,26-,27+/m1/s1. The second-order valence-corrected chi connectivity index (χ2v) is 14.6. The maximum atomic E-state index is 11.9. The maximum Gasteiger partial charge on any atom is 0.217 e. The molecule has 0 radical (unpaired) electrons. The van der Waals surface area contributed by atoms with Gasteiger partial charge in [-0.15, -0.1) is 0 Å². The van der Waals surface area contributed by atoms with Crippen LogP contribution in [0.1, 0.15) is 98.3 Å². The number of aliphatic hydroxyl groups excluding tert-OH is 1. The van der Waals surface area contributed by atoms with Crippen LogP contribution in [0.4, 0.5) is 0 Å². The maximum absolute atomic E-state index is 11.9. The Kier molecular flexibility index (Phi) is 6.50. The fourth-order valence-electron chi connectivity index (χ4n) is 10.2. The second-order valence-electron chi connectivity index (χ2n) is 13.5. The molecule has 0 aromatic rings. The van der Waals surface area contributed by atoms with Crippen molar-refractivity contribution in [3.63, 3.8) is 0 Å². The predicted molar refractivity (Wildman–Crippen MR) is 130 cm³/mol. The van der Waals surface area contributed by atoms with E-state index in [9.17, 15) is 23.2 Å². The summed E-state index contributed by atoms with van der Waals surface area (Å²) in [4.78, 5) is 0. The Balaban J connectivity index is 1.39. The van der Waals surface area contributed by atoms with Crippen LogP contribution in [0.25, 0.3) is 0 Å². The van der Waals surface area contributed by atoms with Crippen LogP contribution in [0.3, 0.4) is 0 Å². The third kappa shape index (κ3) is 3.87. The van der Waals surface area contributed by atoms with Crippen LogP contribution in [0.15, 0.2) is 0 Å². The lowest BCUT2D eigenvalue weighted by atomic mass is 9.42. The number of aliphatic hydroxyl groups is 2. The molecule has 1 spiro atoms. The monoisotopic (exact) mass is 513 g/mol. The summed E-state index contributed by atoms with van der Waals surface area (Å²) in [5, 5.41) is 23.3. The van der Waals surface area contributed by atoms with Gasteiger partial charge in [0.15, 0.2) is 0 Å². The molecule has 202 valence electrons. The third-order valence-electron chi connectivity index (χ3n) is 11.6. The van der Waals surface area contributed by atoms with E-state index in [0.29, 0.717) is 43.6 Å².